The molecule has 2 heterocycles. The largest absolute Gasteiger partial charge is 0.444 e. The van der Waals surface area contributed by atoms with Gasteiger partial charge in [-0.2, -0.15) is 0 Å². The third-order valence-corrected chi connectivity index (χ3v) is 4.12. The van der Waals surface area contributed by atoms with Crippen molar-refractivity contribution in [2.75, 3.05) is 13.1 Å². The number of carbonyl (C=O) groups excluding carboxylic acids is 1. The van der Waals surface area contributed by atoms with Gasteiger partial charge in [0.05, 0.1) is 11.0 Å². The van der Waals surface area contributed by atoms with E-state index in [2.05, 4.69) is 16.0 Å². The lowest BCUT2D eigenvalue weighted by Crippen LogP contribution is -2.41. The number of hydrogen-bond donors (Lipinski definition) is 0. The molecule has 5 heteroatoms. The number of aromatic nitrogens is 2. The summed E-state index contributed by atoms with van der Waals surface area (Å²) in [6, 6.07) is 6.15. The Morgan fingerprint density at radius 2 is 1.87 bits per heavy atom. The van der Waals surface area contributed by atoms with E-state index in [9.17, 15) is 4.79 Å². The predicted octanol–water partition coefficient (Wildman–Crippen LogP) is 3.74. The fraction of sp³-hybridized carbons (Fsp3) is 0.500. The van der Waals surface area contributed by atoms with Crippen LogP contribution in [0.3, 0.4) is 0 Å². The third-order valence-electron chi connectivity index (χ3n) is 4.12. The maximum atomic E-state index is 12.2. The van der Waals surface area contributed by atoms with Crippen molar-refractivity contribution in [1.29, 1.82) is 0 Å². The second kappa shape index (κ2) is 6.14. The summed E-state index contributed by atoms with van der Waals surface area (Å²) in [5, 5.41) is 0. The summed E-state index contributed by atoms with van der Waals surface area (Å²) in [5.41, 5.74) is 2.70. The van der Waals surface area contributed by atoms with Crippen molar-refractivity contribution in [3.63, 3.8) is 0 Å². The number of likely N-dealkylation sites (tertiary alicyclic amines) is 1. The zero-order chi connectivity index (χ0) is 16.4. The SMILES string of the molecule is CC(C)(C)OC(=O)N1CCC(c2cccc3nccnc23)CC1. The van der Waals surface area contributed by atoms with Crippen molar-refractivity contribution in [1.82, 2.24) is 14.9 Å². The van der Waals surface area contributed by atoms with Crippen molar-refractivity contribution in [3.8, 4) is 0 Å². The number of benzene rings is 1. The molecule has 5 nitrogen and oxygen atoms in total. The number of piperidine rings is 1. The molecule has 1 aromatic carbocycles. The Morgan fingerprint density at radius 3 is 2.57 bits per heavy atom. The quantitative estimate of drug-likeness (QED) is 0.804. The molecule has 1 aromatic heterocycles. The fourth-order valence-corrected chi connectivity index (χ4v) is 3.04. The van der Waals surface area contributed by atoms with E-state index in [1.54, 1.807) is 17.3 Å². The standard InChI is InChI=1S/C18H23N3O2/c1-18(2,3)23-17(22)21-11-7-13(8-12-21)14-5-4-6-15-16(14)20-10-9-19-15/h4-6,9-10,13H,7-8,11-12H2,1-3H3. The minimum atomic E-state index is -0.445. The number of ether oxygens (including phenoxy) is 1. The minimum Gasteiger partial charge on any atom is -0.444 e. The van der Waals surface area contributed by atoms with Crippen LogP contribution in [0.25, 0.3) is 11.0 Å². The zero-order valence-electron chi connectivity index (χ0n) is 14.0. The average molecular weight is 313 g/mol. The number of hydrogen-bond acceptors (Lipinski definition) is 4. The summed E-state index contributed by atoms with van der Waals surface area (Å²) < 4.78 is 5.45. The molecule has 3 rings (SSSR count). The minimum absolute atomic E-state index is 0.214. The van der Waals surface area contributed by atoms with Crippen LogP contribution >= 0.6 is 0 Å². The molecule has 1 aliphatic rings. The second-order valence-corrected chi connectivity index (χ2v) is 7.01. The van der Waals surface area contributed by atoms with E-state index in [0.29, 0.717) is 5.92 Å². The number of amides is 1. The Morgan fingerprint density at radius 1 is 1.17 bits per heavy atom. The van der Waals surface area contributed by atoms with Gasteiger partial charge in [0.25, 0.3) is 0 Å². The monoisotopic (exact) mass is 313 g/mol. The maximum absolute atomic E-state index is 12.2. The number of rotatable bonds is 1. The normalized spacial score (nSPS) is 16.6. The van der Waals surface area contributed by atoms with Crippen molar-refractivity contribution in [2.45, 2.75) is 45.1 Å². The van der Waals surface area contributed by atoms with Crippen LogP contribution in [-0.2, 0) is 4.74 Å². The summed E-state index contributed by atoms with van der Waals surface area (Å²) in [6.45, 7) is 7.12. The Balaban J connectivity index is 1.70. The third kappa shape index (κ3) is 3.60. The van der Waals surface area contributed by atoms with E-state index in [1.807, 2.05) is 32.9 Å². The topological polar surface area (TPSA) is 55.3 Å². The molecular weight excluding hydrogens is 290 g/mol. The van der Waals surface area contributed by atoms with Crippen LogP contribution in [-0.4, -0.2) is 39.7 Å². The predicted molar refractivity (Wildman–Crippen MR) is 89.3 cm³/mol. The van der Waals surface area contributed by atoms with Crippen molar-refractivity contribution >= 4 is 17.1 Å². The van der Waals surface area contributed by atoms with Gasteiger partial charge in [-0.1, -0.05) is 12.1 Å². The zero-order valence-corrected chi connectivity index (χ0v) is 14.0. The molecule has 0 saturated carbocycles. The van der Waals surface area contributed by atoms with Crippen LogP contribution in [0.1, 0.15) is 45.1 Å². The second-order valence-electron chi connectivity index (χ2n) is 7.01. The maximum Gasteiger partial charge on any atom is 0.410 e. The molecule has 1 saturated heterocycles. The summed E-state index contributed by atoms with van der Waals surface area (Å²) in [5.74, 6) is 0.411. The van der Waals surface area contributed by atoms with Crippen LogP contribution in [0.15, 0.2) is 30.6 Å². The first-order chi connectivity index (χ1) is 10.9. The molecule has 0 N–H and O–H groups in total. The Labute approximate surface area is 136 Å². The van der Waals surface area contributed by atoms with E-state index < -0.39 is 5.60 Å². The lowest BCUT2D eigenvalue weighted by Gasteiger charge is -2.33. The van der Waals surface area contributed by atoms with Gasteiger partial charge in [-0.15, -0.1) is 0 Å². The fourth-order valence-electron chi connectivity index (χ4n) is 3.04. The molecule has 1 amide bonds. The summed E-state index contributed by atoms with van der Waals surface area (Å²) in [4.78, 5) is 22.8. The summed E-state index contributed by atoms with van der Waals surface area (Å²) in [6.07, 6.45) is 5.09. The molecule has 0 aliphatic carbocycles. The van der Waals surface area contributed by atoms with Gasteiger partial charge in [0.2, 0.25) is 0 Å². The number of fused-ring (bicyclic) bond motifs is 1. The Kier molecular flexibility index (Phi) is 4.20. The highest BCUT2D eigenvalue weighted by Crippen LogP contribution is 2.32. The molecule has 0 bridgehead atoms. The highest BCUT2D eigenvalue weighted by atomic mass is 16.6. The molecule has 0 radical (unpaired) electrons. The number of carbonyl (C=O) groups is 1. The Hall–Kier alpha value is -2.17. The molecule has 23 heavy (non-hydrogen) atoms. The van der Waals surface area contributed by atoms with Crippen LogP contribution in [0.2, 0.25) is 0 Å². The Bertz CT molecular complexity index is 695. The van der Waals surface area contributed by atoms with Crippen molar-refractivity contribution < 1.29 is 9.53 Å². The first-order valence-corrected chi connectivity index (χ1v) is 8.11. The highest BCUT2D eigenvalue weighted by molar-refractivity contribution is 5.78. The highest BCUT2D eigenvalue weighted by Gasteiger charge is 2.28. The van der Waals surface area contributed by atoms with Gasteiger partial charge < -0.3 is 9.64 Å². The smallest absolute Gasteiger partial charge is 0.410 e. The summed E-state index contributed by atoms with van der Waals surface area (Å²) >= 11 is 0. The van der Waals surface area contributed by atoms with Crippen LogP contribution in [0.4, 0.5) is 4.79 Å². The van der Waals surface area contributed by atoms with Crippen LogP contribution in [0, 0.1) is 0 Å². The summed E-state index contributed by atoms with van der Waals surface area (Å²) in [7, 11) is 0. The molecule has 0 unspecified atom stereocenters. The first kappa shape index (κ1) is 15.7. The van der Waals surface area contributed by atoms with Crippen LogP contribution in [0.5, 0.6) is 0 Å². The average Bonchev–Trinajstić information content (AvgIpc) is 2.53. The van der Waals surface area contributed by atoms with Gasteiger partial charge in [-0.25, -0.2) is 4.79 Å². The number of para-hydroxylation sites is 1. The van der Waals surface area contributed by atoms with Gasteiger partial charge in [0.1, 0.15) is 5.60 Å². The molecular formula is C18H23N3O2. The molecule has 0 spiro atoms. The van der Waals surface area contributed by atoms with Gasteiger partial charge in [0, 0.05) is 25.5 Å². The number of nitrogens with zero attached hydrogens (tertiary/aromatic N) is 3. The van der Waals surface area contributed by atoms with Gasteiger partial charge in [-0.3, -0.25) is 9.97 Å². The lowest BCUT2D eigenvalue weighted by molar-refractivity contribution is 0.0205. The molecule has 2 aromatic rings. The lowest BCUT2D eigenvalue weighted by atomic mass is 9.88. The molecule has 0 atom stereocenters. The molecule has 1 aliphatic heterocycles. The van der Waals surface area contributed by atoms with Crippen molar-refractivity contribution in [2.24, 2.45) is 0 Å². The van der Waals surface area contributed by atoms with E-state index in [0.717, 1.165) is 37.0 Å². The van der Waals surface area contributed by atoms with Gasteiger partial charge in [-0.05, 0) is 51.2 Å². The van der Waals surface area contributed by atoms with E-state index in [1.165, 1.54) is 5.56 Å². The van der Waals surface area contributed by atoms with Gasteiger partial charge in [0.15, 0.2) is 0 Å². The first-order valence-electron chi connectivity index (χ1n) is 8.11. The molecule has 1 fully saturated rings. The van der Waals surface area contributed by atoms with Gasteiger partial charge >= 0.3 is 6.09 Å². The van der Waals surface area contributed by atoms with E-state index in [4.69, 9.17) is 4.74 Å². The molecule has 122 valence electrons. The van der Waals surface area contributed by atoms with E-state index >= 15 is 0 Å². The van der Waals surface area contributed by atoms with E-state index in [-0.39, 0.29) is 6.09 Å². The van der Waals surface area contributed by atoms with Crippen LogP contribution < -0.4 is 0 Å². The van der Waals surface area contributed by atoms with Crippen molar-refractivity contribution in [3.05, 3.63) is 36.2 Å².